The van der Waals surface area contributed by atoms with Crippen molar-refractivity contribution < 1.29 is 9.53 Å². The number of methoxy groups -OCH3 is 1. The van der Waals surface area contributed by atoms with Crippen molar-refractivity contribution in [1.29, 1.82) is 0 Å². The van der Waals surface area contributed by atoms with Gasteiger partial charge in [-0.1, -0.05) is 31.5 Å². The van der Waals surface area contributed by atoms with Crippen molar-refractivity contribution in [2.75, 3.05) is 7.11 Å². The number of hydrogen-bond donors (Lipinski definition) is 2. The Kier molecular flexibility index (Phi) is 5.53. The maximum atomic E-state index is 12.1. The topological polar surface area (TPSA) is 64.3 Å². The van der Waals surface area contributed by atoms with Gasteiger partial charge in [-0.15, -0.1) is 0 Å². The molecule has 0 bridgehead atoms. The summed E-state index contributed by atoms with van der Waals surface area (Å²) in [5, 5.41) is 2.95. The molecule has 104 valence electrons. The van der Waals surface area contributed by atoms with Crippen molar-refractivity contribution in [3.05, 3.63) is 0 Å². The zero-order chi connectivity index (χ0) is 13.8. The van der Waals surface area contributed by atoms with Gasteiger partial charge in [-0.05, 0) is 32.6 Å². The molecule has 0 saturated heterocycles. The summed E-state index contributed by atoms with van der Waals surface area (Å²) in [6, 6.07) is -0.206. The van der Waals surface area contributed by atoms with E-state index in [1.807, 2.05) is 0 Å². The number of rotatable bonds is 5. The lowest BCUT2D eigenvalue weighted by Gasteiger charge is -2.32. The van der Waals surface area contributed by atoms with Crippen molar-refractivity contribution in [2.24, 2.45) is 11.7 Å². The third-order valence-electron chi connectivity index (χ3n) is 3.77. The Bertz CT molecular complexity index is 312. The molecule has 0 aromatic rings. The fourth-order valence-electron chi connectivity index (χ4n) is 2.30. The monoisotopic (exact) mass is 272 g/mol. The van der Waals surface area contributed by atoms with Gasteiger partial charge in [-0.3, -0.25) is 4.79 Å². The molecule has 0 aromatic carbocycles. The molecule has 0 aromatic heterocycles. The summed E-state index contributed by atoms with van der Waals surface area (Å²) in [5.41, 5.74) is 4.93. The Labute approximate surface area is 115 Å². The number of carbonyl (C=O) groups excluding carboxylic acids is 1. The van der Waals surface area contributed by atoms with Crippen LogP contribution < -0.4 is 11.1 Å². The highest BCUT2D eigenvalue weighted by Crippen LogP contribution is 2.27. The molecular formula is C13H24N2O2S. The van der Waals surface area contributed by atoms with E-state index in [2.05, 4.69) is 5.32 Å². The molecule has 1 atom stereocenters. The molecule has 4 nitrogen and oxygen atoms in total. The van der Waals surface area contributed by atoms with E-state index in [4.69, 9.17) is 22.7 Å². The molecule has 1 fully saturated rings. The van der Waals surface area contributed by atoms with Crippen molar-refractivity contribution in [2.45, 2.75) is 57.6 Å². The first-order chi connectivity index (χ1) is 8.38. The molecule has 0 spiro atoms. The molecule has 18 heavy (non-hydrogen) atoms. The number of amides is 1. The minimum absolute atomic E-state index is 0.159. The van der Waals surface area contributed by atoms with E-state index in [1.165, 1.54) is 26.4 Å². The lowest BCUT2D eigenvalue weighted by Crippen LogP contribution is -2.54. The maximum Gasteiger partial charge on any atom is 0.252 e. The van der Waals surface area contributed by atoms with E-state index in [9.17, 15) is 4.79 Å². The summed E-state index contributed by atoms with van der Waals surface area (Å²) in [7, 11) is 1.52. The number of nitrogens with two attached hydrogens (primary N) is 1. The Morgan fingerprint density at radius 1 is 1.39 bits per heavy atom. The van der Waals surface area contributed by atoms with Crippen LogP contribution in [0.15, 0.2) is 0 Å². The molecule has 0 heterocycles. The SMILES string of the molecule is COC(C)(C)C(=O)NC(C(N)=S)C1CCCCC1. The second-order valence-corrected chi connectivity index (χ2v) is 5.94. The van der Waals surface area contributed by atoms with Gasteiger partial charge in [0.15, 0.2) is 0 Å². The van der Waals surface area contributed by atoms with E-state index in [0.717, 1.165) is 12.8 Å². The van der Waals surface area contributed by atoms with Crippen LogP contribution in [0.5, 0.6) is 0 Å². The Hall–Kier alpha value is -0.680. The van der Waals surface area contributed by atoms with Crippen molar-refractivity contribution in [3.63, 3.8) is 0 Å². The molecule has 1 saturated carbocycles. The molecular weight excluding hydrogens is 248 g/mol. The van der Waals surface area contributed by atoms with Gasteiger partial charge in [-0.2, -0.15) is 0 Å². The van der Waals surface area contributed by atoms with E-state index in [-0.39, 0.29) is 11.9 Å². The smallest absolute Gasteiger partial charge is 0.252 e. The lowest BCUT2D eigenvalue weighted by molar-refractivity contribution is -0.140. The zero-order valence-corrected chi connectivity index (χ0v) is 12.3. The zero-order valence-electron chi connectivity index (χ0n) is 11.5. The normalized spacial score (nSPS) is 19.3. The molecule has 1 rings (SSSR count). The van der Waals surface area contributed by atoms with Crippen molar-refractivity contribution in [3.8, 4) is 0 Å². The van der Waals surface area contributed by atoms with Crippen LogP contribution in [-0.4, -0.2) is 29.6 Å². The van der Waals surface area contributed by atoms with Gasteiger partial charge in [0.2, 0.25) is 0 Å². The van der Waals surface area contributed by atoms with Crippen LogP contribution in [0.1, 0.15) is 46.0 Å². The third-order valence-corrected chi connectivity index (χ3v) is 4.03. The highest BCUT2D eigenvalue weighted by Gasteiger charge is 2.33. The van der Waals surface area contributed by atoms with Crippen molar-refractivity contribution in [1.82, 2.24) is 5.32 Å². The highest BCUT2D eigenvalue weighted by molar-refractivity contribution is 7.80. The van der Waals surface area contributed by atoms with Crippen LogP contribution in [0.3, 0.4) is 0 Å². The van der Waals surface area contributed by atoms with Gasteiger partial charge in [0.25, 0.3) is 5.91 Å². The summed E-state index contributed by atoms with van der Waals surface area (Å²) in [5.74, 6) is 0.209. The van der Waals surface area contributed by atoms with Gasteiger partial charge in [-0.25, -0.2) is 0 Å². The summed E-state index contributed by atoms with van der Waals surface area (Å²) in [6.07, 6.45) is 5.80. The predicted octanol–water partition coefficient (Wildman–Crippen LogP) is 1.76. The fourth-order valence-corrected chi connectivity index (χ4v) is 2.55. The standard InChI is InChI=1S/C13H24N2O2S/c1-13(2,17-3)12(16)15-10(11(14)18)9-7-5-4-6-8-9/h9-10H,4-8H2,1-3H3,(H2,14,18)(H,15,16). The molecule has 0 radical (unpaired) electrons. The number of hydrogen-bond acceptors (Lipinski definition) is 3. The highest BCUT2D eigenvalue weighted by atomic mass is 32.1. The van der Waals surface area contributed by atoms with E-state index < -0.39 is 5.60 Å². The van der Waals surface area contributed by atoms with Crippen LogP contribution in [0.2, 0.25) is 0 Å². The first kappa shape index (κ1) is 15.4. The Balaban J connectivity index is 2.68. The Morgan fingerprint density at radius 2 is 1.94 bits per heavy atom. The third kappa shape index (κ3) is 3.92. The average Bonchev–Trinajstić information content (AvgIpc) is 2.36. The maximum absolute atomic E-state index is 12.1. The van der Waals surface area contributed by atoms with Crippen LogP contribution in [-0.2, 0) is 9.53 Å². The Morgan fingerprint density at radius 3 is 2.39 bits per heavy atom. The van der Waals surface area contributed by atoms with Gasteiger partial charge in [0, 0.05) is 7.11 Å². The number of ether oxygens (including phenoxy) is 1. The molecule has 1 aliphatic rings. The summed E-state index contributed by atoms with van der Waals surface area (Å²) in [6.45, 7) is 3.47. The molecule has 1 amide bonds. The van der Waals surface area contributed by atoms with Gasteiger partial charge < -0.3 is 15.8 Å². The van der Waals surface area contributed by atoms with Crippen LogP contribution in [0.25, 0.3) is 0 Å². The van der Waals surface area contributed by atoms with Crippen LogP contribution >= 0.6 is 12.2 Å². The van der Waals surface area contributed by atoms with Gasteiger partial charge in [0.1, 0.15) is 5.60 Å². The molecule has 3 N–H and O–H groups in total. The van der Waals surface area contributed by atoms with E-state index >= 15 is 0 Å². The summed E-state index contributed by atoms with van der Waals surface area (Å²) in [4.78, 5) is 12.5. The molecule has 5 heteroatoms. The minimum atomic E-state index is -0.850. The van der Waals surface area contributed by atoms with Gasteiger partial charge in [0.05, 0.1) is 11.0 Å². The average molecular weight is 272 g/mol. The van der Waals surface area contributed by atoms with Gasteiger partial charge >= 0.3 is 0 Å². The quantitative estimate of drug-likeness (QED) is 0.749. The number of nitrogens with one attached hydrogen (secondary N) is 1. The summed E-state index contributed by atoms with van der Waals surface area (Å²) >= 11 is 5.10. The second kappa shape index (κ2) is 6.48. The first-order valence-electron chi connectivity index (χ1n) is 6.54. The van der Waals surface area contributed by atoms with E-state index in [1.54, 1.807) is 13.8 Å². The van der Waals surface area contributed by atoms with Crippen LogP contribution in [0.4, 0.5) is 0 Å². The number of thiocarbonyl (C=S) groups is 1. The minimum Gasteiger partial charge on any atom is -0.392 e. The predicted molar refractivity (Wildman–Crippen MR) is 76.4 cm³/mol. The van der Waals surface area contributed by atoms with Crippen LogP contribution in [0, 0.1) is 5.92 Å². The lowest BCUT2D eigenvalue weighted by atomic mass is 9.83. The molecule has 0 aliphatic heterocycles. The molecule has 1 aliphatic carbocycles. The molecule has 1 unspecified atom stereocenters. The first-order valence-corrected chi connectivity index (χ1v) is 6.94. The second-order valence-electron chi connectivity index (χ2n) is 5.47. The summed E-state index contributed by atoms with van der Waals surface area (Å²) < 4.78 is 5.17. The largest absolute Gasteiger partial charge is 0.392 e. The van der Waals surface area contributed by atoms with Crippen molar-refractivity contribution >= 4 is 23.1 Å². The van der Waals surface area contributed by atoms with E-state index in [0.29, 0.717) is 10.9 Å². The fraction of sp³-hybridized carbons (Fsp3) is 0.846. The number of carbonyl (C=O) groups is 1.